The second-order valence-corrected chi connectivity index (χ2v) is 5.75. The van der Waals surface area contributed by atoms with Gasteiger partial charge in [-0.25, -0.2) is 9.59 Å². The number of carbonyl (C=O) groups is 2. The van der Waals surface area contributed by atoms with E-state index in [1.165, 1.54) is 0 Å². The molecule has 1 unspecified atom stereocenters. The minimum atomic E-state index is -0.543. The molecule has 0 saturated heterocycles. The lowest BCUT2D eigenvalue weighted by Crippen LogP contribution is -2.34. The SMILES string of the molecule is CC(NC(=O)OC(C)(C)C)c1ccc(C(=O)OCCl)cc1. The quantitative estimate of drug-likeness (QED) is 0.681. The molecule has 1 N–H and O–H groups in total. The van der Waals surface area contributed by atoms with Crippen LogP contribution in [0.2, 0.25) is 0 Å². The van der Waals surface area contributed by atoms with Crippen LogP contribution in [0.3, 0.4) is 0 Å². The van der Waals surface area contributed by atoms with Crippen LogP contribution in [0.4, 0.5) is 4.79 Å². The summed E-state index contributed by atoms with van der Waals surface area (Å²) in [7, 11) is 0. The van der Waals surface area contributed by atoms with Crippen LogP contribution in [-0.4, -0.2) is 23.7 Å². The third-order valence-electron chi connectivity index (χ3n) is 2.57. The average Bonchev–Trinajstić information content (AvgIpc) is 2.36. The summed E-state index contributed by atoms with van der Waals surface area (Å²) in [6.07, 6.45) is -0.486. The van der Waals surface area contributed by atoms with Crippen molar-refractivity contribution in [1.29, 1.82) is 0 Å². The Bertz CT molecular complexity index is 493. The zero-order valence-corrected chi connectivity index (χ0v) is 13.4. The van der Waals surface area contributed by atoms with Crippen molar-refractivity contribution in [2.75, 3.05) is 6.07 Å². The average molecular weight is 314 g/mol. The lowest BCUT2D eigenvalue weighted by molar-refractivity contribution is 0.0505. The van der Waals surface area contributed by atoms with E-state index in [4.69, 9.17) is 16.3 Å². The van der Waals surface area contributed by atoms with Gasteiger partial charge in [-0.15, -0.1) is 0 Å². The van der Waals surface area contributed by atoms with Crippen LogP contribution < -0.4 is 5.32 Å². The number of alkyl halides is 1. The number of carbonyl (C=O) groups excluding carboxylic acids is 2. The first-order chi connectivity index (χ1) is 9.73. The van der Waals surface area contributed by atoms with Gasteiger partial charge in [0, 0.05) is 0 Å². The summed E-state index contributed by atoms with van der Waals surface area (Å²) in [6, 6.07) is 6.31. The Morgan fingerprint density at radius 3 is 2.29 bits per heavy atom. The number of esters is 1. The summed E-state index contributed by atoms with van der Waals surface area (Å²) in [4.78, 5) is 23.1. The van der Waals surface area contributed by atoms with E-state index in [0.29, 0.717) is 5.56 Å². The molecule has 116 valence electrons. The van der Waals surface area contributed by atoms with Crippen molar-refractivity contribution in [2.45, 2.75) is 39.3 Å². The lowest BCUT2D eigenvalue weighted by Gasteiger charge is -2.22. The molecule has 6 heteroatoms. The molecular weight excluding hydrogens is 294 g/mol. The van der Waals surface area contributed by atoms with E-state index >= 15 is 0 Å². The number of rotatable bonds is 4. The second-order valence-electron chi connectivity index (χ2n) is 5.53. The number of hydrogen-bond donors (Lipinski definition) is 1. The standard InChI is InChI=1S/C15H20ClNO4/c1-10(17-14(19)21-15(2,3)4)11-5-7-12(8-6-11)13(18)20-9-16/h5-8,10H,9H2,1-4H3,(H,17,19). The molecule has 21 heavy (non-hydrogen) atoms. The van der Waals surface area contributed by atoms with E-state index < -0.39 is 17.7 Å². The molecule has 0 spiro atoms. The van der Waals surface area contributed by atoms with Gasteiger partial charge in [-0.1, -0.05) is 23.7 Å². The molecule has 1 aromatic carbocycles. The van der Waals surface area contributed by atoms with E-state index in [-0.39, 0.29) is 12.1 Å². The normalized spacial score (nSPS) is 12.4. The molecule has 0 heterocycles. The predicted octanol–water partition coefficient (Wildman–Crippen LogP) is 3.63. The van der Waals surface area contributed by atoms with Crippen LogP contribution in [0, 0.1) is 0 Å². The van der Waals surface area contributed by atoms with Gasteiger partial charge in [0.25, 0.3) is 0 Å². The molecule has 0 aliphatic carbocycles. The fourth-order valence-electron chi connectivity index (χ4n) is 1.61. The second kappa shape index (κ2) is 7.31. The number of alkyl carbamates (subject to hydrolysis) is 1. The fourth-order valence-corrected chi connectivity index (χ4v) is 1.71. The Kier molecular flexibility index (Phi) is 6.03. The molecule has 0 aromatic heterocycles. The van der Waals surface area contributed by atoms with E-state index in [2.05, 4.69) is 10.1 Å². The van der Waals surface area contributed by atoms with Crippen molar-refractivity contribution in [3.8, 4) is 0 Å². The molecule has 0 aliphatic heterocycles. The van der Waals surface area contributed by atoms with Crippen LogP contribution in [-0.2, 0) is 9.47 Å². The van der Waals surface area contributed by atoms with Crippen molar-refractivity contribution in [3.63, 3.8) is 0 Å². The first kappa shape index (κ1) is 17.3. The van der Waals surface area contributed by atoms with Gasteiger partial charge < -0.3 is 14.8 Å². The van der Waals surface area contributed by atoms with E-state index in [9.17, 15) is 9.59 Å². The predicted molar refractivity (Wildman–Crippen MR) is 80.4 cm³/mol. The molecule has 5 nitrogen and oxygen atoms in total. The van der Waals surface area contributed by atoms with Crippen LogP contribution in [0.5, 0.6) is 0 Å². The summed E-state index contributed by atoms with van der Waals surface area (Å²) in [5.74, 6) is -0.482. The Hall–Kier alpha value is -1.75. The van der Waals surface area contributed by atoms with E-state index in [0.717, 1.165) is 5.56 Å². The first-order valence-corrected chi connectivity index (χ1v) is 7.09. The molecule has 0 bridgehead atoms. The molecule has 1 aromatic rings. The van der Waals surface area contributed by atoms with Gasteiger partial charge in [0.05, 0.1) is 11.6 Å². The van der Waals surface area contributed by atoms with Crippen LogP contribution in [0.1, 0.15) is 49.7 Å². The van der Waals surface area contributed by atoms with E-state index in [1.54, 1.807) is 45.0 Å². The molecule has 1 atom stereocenters. The third kappa shape index (κ3) is 6.04. The highest BCUT2D eigenvalue weighted by atomic mass is 35.5. The molecule has 0 aliphatic rings. The summed E-state index contributed by atoms with van der Waals surface area (Å²) in [5.41, 5.74) is 0.714. The topological polar surface area (TPSA) is 64.6 Å². The summed E-state index contributed by atoms with van der Waals surface area (Å²) in [6.45, 7) is 7.23. The minimum Gasteiger partial charge on any atom is -0.446 e. The maximum absolute atomic E-state index is 11.7. The Balaban J connectivity index is 2.65. The zero-order chi connectivity index (χ0) is 16.0. The summed E-state index contributed by atoms with van der Waals surface area (Å²) >= 11 is 5.33. The fraction of sp³-hybridized carbons (Fsp3) is 0.467. The van der Waals surface area contributed by atoms with Gasteiger partial charge in [0.1, 0.15) is 5.60 Å². The molecule has 0 radical (unpaired) electrons. The Morgan fingerprint density at radius 1 is 1.24 bits per heavy atom. The molecule has 1 amide bonds. The number of ether oxygens (including phenoxy) is 2. The van der Waals surface area contributed by atoms with Crippen LogP contribution in [0.15, 0.2) is 24.3 Å². The number of hydrogen-bond acceptors (Lipinski definition) is 4. The summed E-state index contributed by atoms with van der Waals surface area (Å²) in [5, 5.41) is 2.73. The van der Waals surface area contributed by atoms with E-state index in [1.807, 2.05) is 6.92 Å². The van der Waals surface area contributed by atoms with Crippen molar-refractivity contribution < 1.29 is 19.1 Å². The number of amides is 1. The highest BCUT2D eigenvalue weighted by Gasteiger charge is 2.18. The monoisotopic (exact) mass is 313 g/mol. The van der Waals surface area contributed by atoms with Gasteiger partial charge in [-0.05, 0) is 45.4 Å². The van der Waals surface area contributed by atoms with Gasteiger partial charge in [0.15, 0.2) is 6.07 Å². The number of nitrogens with one attached hydrogen (secondary N) is 1. The van der Waals surface area contributed by atoms with Crippen LogP contribution in [0.25, 0.3) is 0 Å². The molecule has 1 rings (SSSR count). The third-order valence-corrected chi connectivity index (χ3v) is 2.67. The lowest BCUT2D eigenvalue weighted by atomic mass is 10.1. The maximum atomic E-state index is 11.7. The first-order valence-electron chi connectivity index (χ1n) is 6.55. The summed E-state index contributed by atoms with van der Waals surface area (Å²) < 4.78 is 9.87. The smallest absolute Gasteiger partial charge is 0.408 e. The molecule has 0 fully saturated rings. The largest absolute Gasteiger partial charge is 0.446 e. The van der Waals surface area contributed by atoms with Gasteiger partial charge in [-0.3, -0.25) is 0 Å². The number of benzene rings is 1. The highest BCUT2D eigenvalue weighted by molar-refractivity contribution is 6.17. The highest BCUT2D eigenvalue weighted by Crippen LogP contribution is 2.15. The Morgan fingerprint density at radius 2 is 1.81 bits per heavy atom. The molecular formula is C15H20ClNO4. The minimum absolute atomic E-state index is 0.183. The van der Waals surface area contributed by atoms with Crippen LogP contribution >= 0.6 is 11.6 Å². The van der Waals surface area contributed by atoms with Crippen molar-refractivity contribution in [2.24, 2.45) is 0 Å². The van der Waals surface area contributed by atoms with Gasteiger partial charge >= 0.3 is 12.1 Å². The van der Waals surface area contributed by atoms with Crippen molar-refractivity contribution in [1.82, 2.24) is 5.32 Å². The Labute approximate surface area is 129 Å². The zero-order valence-electron chi connectivity index (χ0n) is 12.6. The van der Waals surface area contributed by atoms with Crippen molar-refractivity contribution >= 4 is 23.7 Å². The maximum Gasteiger partial charge on any atom is 0.408 e. The van der Waals surface area contributed by atoms with Gasteiger partial charge in [-0.2, -0.15) is 0 Å². The van der Waals surface area contributed by atoms with Crippen molar-refractivity contribution in [3.05, 3.63) is 35.4 Å². The molecule has 0 saturated carbocycles. The number of halogens is 1. The van der Waals surface area contributed by atoms with Gasteiger partial charge in [0.2, 0.25) is 0 Å².